The van der Waals surface area contributed by atoms with Gasteiger partial charge in [0.25, 0.3) is 10.1 Å². The van der Waals surface area contributed by atoms with E-state index in [9.17, 15) is 18.1 Å². The van der Waals surface area contributed by atoms with Crippen molar-refractivity contribution in [1.82, 2.24) is 0 Å². The third-order valence-electron chi connectivity index (χ3n) is 3.60. The third-order valence-corrected chi connectivity index (χ3v) is 4.58. The molecule has 21 heavy (non-hydrogen) atoms. The van der Waals surface area contributed by atoms with Crippen LogP contribution in [0.15, 0.2) is 4.90 Å². The van der Waals surface area contributed by atoms with Gasteiger partial charge in [-0.05, 0) is 18.8 Å². The summed E-state index contributed by atoms with van der Waals surface area (Å²) < 4.78 is 43.6. The summed E-state index contributed by atoms with van der Waals surface area (Å²) in [6.45, 7) is 5.40. The van der Waals surface area contributed by atoms with Crippen molar-refractivity contribution in [2.45, 2.75) is 44.4 Å². The number of phenolic OH excluding ortho intramolecular Hbond substituents is 1. The number of benzene rings is 1. The SMILES string of the molecule is CCc1c(O)c(OC)c(OC)c(C(C)CC)c1S(=O)(=O)O. The van der Waals surface area contributed by atoms with E-state index in [1.165, 1.54) is 14.2 Å². The maximum atomic E-state index is 11.8. The van der Waals surface area contributed by atoms with Gasteiger partial charge in [0, 0.05) is 11.1 Å². The van der Waals surface area contributed by atoms with Gasteiger partial charge < -0.3 is 14.6 Å². The van der Waals surface area contributed by atoms with Crippen LogP contribution in [0.2, 0.25) is 0 Å². The van der Waals surface area contributed by atoms with Gasteiger partial charge in [-0.1, -0.05) is 20.8 Å². The highest BCUT2D eigenvalue weighted by atomic mass is 32.2. The Labute approximate surface area is 125 Å². The first-order valence-corrected chi connectivity index (χ1v) is 8.15. The number of hydrogen-bond donors (Lipinski definition) is 2. The fraction of sp³-hybridized carbons (Fsp3) is 0.571. The predicted octanol–water partition coefficient (Wildman–Crippen LogP) is 2.73. The number of phenols is 1. The van der Waals surface area contributed by atoms with Gasteiger partial charge in [-0.15, -0.1) is 0 Å². The first-order valence-electron chi connectivity index (χ1n) is 6.71. The zero-order valence-corrected chi connectivity index (χ0v) is 13.7. The van der Waals surface area contributed by atoms with Crippen LogP contribution in [-0.2, 0) is 16.5 Å². The van der Waals surface area contributed by atoms with E-state index >= 15 is 0 Å². The summed E-state index contributed by atoms with van der Waals surface area (Å²) in [5.74, 6) is -0.306. The van der Waals surface area contributed by atoms with Crippen LogP contribution in [0.3, 0.4) is 0 Å². The summed E-state index contributed by atoms with van der Waals surface area (Å²) in [5.41, 5.74) is 0.458. The maximum Gasteiger partial charge on any atom is 0.295 e. The van der Waals surface area contributed by atoms with Crippen molar-refractivity contribution in [3.8, 4) is 17.2 Å². The Morgan fingerprint density at radius 3 is 2.00 bits per heavy atom. The lowest BCUT2D eigenvalue weighted by atomic mass is 9.93. The Morgan fingerprint density at radius 2 is 1.67 bits per heavy atom. The molecular formula is C14H22O6S. The number of ether oxygens (including phenoxy) is 2. The summed E-state index contributed by atoms with van der Waals surface area (Å²) in [6.07, 6.45) is 0.862. The largest absolute Gasteiger partial charge is 0.504 e. The van der Waals surface area contributed by atoms with Crippen LogP contribution in [0.25, 0.3) is 0 Å². The van der Waals surface area contributed by atoms with Crippen molar-refractivity contribution in [2.24, 2.45) is 0 Å². The normalized spacial score (nSPS) is 13.0. The molecule has 2 N–H and O–H groups in total. The predicted molar refractivity (Wildman–Crippen MR) is 79.1 cm³/mol. The fourth-order valence-corrected chi connectivity index (χ4v) is 3.53. The molecule has 0 fully saturated rings. The Hall–Kier alpha value is -1.47. The smallest absolute Gasteiger partial charge is 0.295 e. The highest BCUT2D eigenvalue weighted by molar-refractivity contribution is 7.86. The van der Waals surface area contributed by atoms with E-state index in [-0.39, 0.29) is 40.0 Å². The minimum Gasteiger partial charge on any atom is -0.504 e. The topological polar surface area (TPSA) is 93.1 Å². The van der Waals surface area contributed by atoms with Crippen LogP contribution in [-0.4, -0.2) is 32.3 Å². The molecule has 0 spiro atoms. The Bertz CT molecular complexity index is 621. The van der Waals surface area contributed by atoms with Crippen molar-refractivity contribution in [3.05, 3.63) is 11.1 Å². The van der Waals surface area contributed by atoms with E-state index in [0.29, 0.717) is 12.0 Å². The highest BCUT2D eigenvalue weighted by Gasteiger charge is 2.32. The zero-order chi connectivity index (χ0) is 16.4. The van der Waals surface area contributed by atoms with E-state index in [1.54, 1.807) is 6.92 Å². The number of methoxy groups -OCH3 is 2. The lowest BCUT2D eigenvalue weighted by Crippen LogP contribution is -2.12. The molecule has 0 saturated carbocycles. The molecule has 7 heteroatoms. The molecule has 1 aromatic carbocycles. The third kappa shape index (κ3) is 3.08. The second kappa shape index (κ2) is 6.53. The van der Waals surface area contributed by atoms with E-state index < -0.39 is 10.1 Å². The summed E-state index contributed by atoms with van der Waals surface area (Å²) in [7, 11) is -1.78. The second-order valence-electron chi connectivity index (χ2n) is 4.77. The molecule has 1 aromatic rings. The van der Waals surface area contributed by atoms with E-state index in [2.05, 4.69) is 0 Å². The number of rotatable bonds is 6. The van der Waals surface area contributed by atoms with Gasteiger partial charge in [-0.3, -0.25) is 4.55 Å². The first-order chi connectivity index (χ1) is 9.74. The molecule has 1 unspecified atom stereocenters. The van der Waals surface area contributed by atoms with E-state index in [1.807, 2.05) is 13.8 Å². The van der Waals surface area contributed by atoms with Crippen molar-refractivity contribution in [2.75, 3.05) is 14.2 Å². The average Bonchev–Trinajstić information content (AvgIpc) is 2.43. The van der Waals surface area contributed by atoms with Crippen molar-refractivity contribution >= 4 is 10.1 Å². The standard InChI is InChI=1S/C14H22O6S/c1-6-8(3)10-12(19-4)13(20-5)11(15)9(7-2)14(10)21(16,17)18/h8,15H,6-7H2,1-5H3,(H,16,17,18). The second-order valence-corrected chi connectivity index (χ2v) is 6.13. The van der Waals surface area contributed by atoms with Crippen LogP contribution in [0.1, 0.15) is 44.2 Å². The average molecular weight is 318 g/mol. The molecule has 0 radical (unpaired) electrons. The summed E-state index contributed by atoms with van der Waals surface area (Å²) in [5, 5.41) is 10.2. The molecule has 0 aliphatic carbocycles. The molecule has 0 saturated heterocycles. The number of aromatic hydroxyl groups is 1. The van der Waals surface area contributed by atoms with Crippen LogP contribution in [0, 0.1) is 0 Å². The minimum atomic E-state index is -4.51. The lowest BCUT2D eigenvalue weighted by molar-refractivity contribution is 0.324. The van der Waals surface area contributed by atoms with E-state index in [4.69, 9.17) is 9.47 Å². The summed E-state index contributed by atoms with van der Waals surface area (Å²) >= 11 is 0. The number of hydrogen-bond acceptors (Lipinski definition) is 5. The lowest BCUT2D eigenvalue weighted by Gasteiger charge is -2.23. The van der Waals surface area contributed by atoms with Gasteiger partial charge >= 0.3 is 0 Å². The first kappa shape index (κ1) is 17.6. The van der Waals surface area contributed by atoms with Gasteiger partial charge in [0.2, 0.25) is 5.75 Å². The molecule has 0 aromatic heterocycles. The molecule has 0 aliphatic heterocycles. The van der Waals surface area contributed by atoms with Crippen molar-refractivity contribution in [3.63, 3.8) is 0 Å². The Balaban J connectivity index is 4.03. The van der Waals surface area contributed by atoms with Gasteiger partial charge in [-0.2, -0.15) is 8.42 Å². The quantitative estimate of drug-likeness (QED) is 0.783. The van der Waals surface area contributed by atoms with Crippen molar-refractivity contribution < 1.29 is 27.6 Å². The monoisotopic (exact) mass is 318 g/mol. The Kier molecular flexibility index (Phi) is 5.47. The Morgan fingerprint density at radius 1 is 1.14 bits per heavy atom. The summed E-state index contributed by atoms with van der Waals surface area (Å²) in [6, 6.07) is 0. The molecule has 6 nitrogen and oxygen atoms in total. The molecule has 0 heterocycles. The van der Waals surface area contributed by atoms with Crippen molar-refractivity contribution in [1.29, 1.82) is 0 Å². The molecule has 1 rings (SSSR count). The molecule has 0 bridgehead atoms. The zero-order valence-electron chi connectivity index (χ0n) is 12.9. The van der Waals surface area contributed by atoms with Gasteiger partial charge in [0.1, 0.15) is 4.90 Å². The van der Waals surface area contributed by atoms with Crippen LogP contribution >= 0.6 is 0 Å². The highest BCUT2D eigenvalue weighted by Crippen LogP contribution is 2.49. The van der Waals surface area contributed by atoms with Gasteiger partial charge in [0.05, 0.1) is 14.2 Å². The molecule has 0 aliphatic rings. The van der Waals surface area contributed by atoms with Crippen LogP contribution < -0.4 is 9.47 Å². The molecule has 0 amide bonds. The maximum absolute atomic E-state index is 11.8. The van der Waals surface area contributed by atoms with Crippen LogP contribution in [0.5, 0.6) is 17.2 Å². The molecule has 120 valence electrons. The summed E-state index contributed by atoms with van der Waals surface area (Å²) in [4.78, 5) is -0.283. The molecular weight excluding hydrogens is 296 g/mol. The van der Waals surface area contributed by atoms with E-state index in [0.717, 1.165) is 0 Å². The molecule has 1 atom stereocenters. The fourth-order valence-electron chi connectivity index (χ4n) is 2.41. The van der Waals surface area contributed by atoms with Crippen LogP contribution in [0.4, 0.5) is 0 Å². The minimum absolute atomic E-state index is 0.0806. The van der Waals surface area contributed by atoms with Gasteiger partial charge in [0.15, 0.2) is 11.5 Å². The van der Waals surface area contributed by atoms with Gasteiger partial charge in [-0.25, -0.2) is 0 Å².